The number of nitrogens with zero attached hydrogens (tertiary/aromatic N) is 2. The van der Waals surface area contributed by atoms with Crippen LogP contribution in [-0.4, -0.2) is 21.5 Å². The maximum Gasteiger partial charge on any atom is 0.220 e. The SMILES string of the molecule is C[C@@H]1CCCC[C@H]1NC(=O)CCc1nc2ccccc2n1-c1ccccc1. The van der Waals surface area contributed by atoms with Crippen LogP contribution in [0.25, 0.3) is 16.7 Å². The minimum Gasteiger partial charge on any atom is -0.353 e. The fraction of sp³-hybridized carbons (Fsp3) is 0.391. The van der Waals surface area contributed by atoms with Gasteiger partial charge in [-0.3, -0.25) is 9.36 Å². The van der Waals surface area contributed by atoms with Gasteiger partial charge >= 0.3 is 0 Å². The number of rotatable bonds is 5. The van der Waals surface area contributed by atoms with Gasteiger partial charge in [-0.15, -0.1) is 0 Å². The molecular formula is C23H27N3O. The maximum atomic E-state index is 12.5. The molecule has 1 aromatic heterocycles. The van der Waals surface area contributed by atoms with Gasteiger partial charge in [0.1, 0.15) is 5.82 Å². The Kier molecular flexibility index (Phi) is 5.23. The zero-order chi connectivity index (χ0) is 18.6. The predicted octanol–water partition coefficient (Wildman–Crippen LogP) is 4.65. The number of hydrogen-bond acceptors (Lipinski definition) is 2. The number of aryl methyl sites for hydroxylation is 1. The molecule has 3 aromatic rings. The Labute approximate surface area is 160 Å². The summed E-state index contributed by atoms with van der Waals surface area (Å²) < 4.78 is 2.17. The molecule has 1 saturated carbocycles. The van der Waals surface area contributed by atoms with E-state index in [1.165, 1.54) is 19.3 Å². The minimum absolute atomic E-state index is 0.139. The molecule has 1 heterocycles. The van der Waals surface area contributed by atoms with Crippen molar-refractivity contribution in [3.05, 3.63) is 60.4 Å². The highest BCUT2D eigenvalue weighted by molar-refractivity contribution is 5.79. The molecule has 0 aliphatic heterocycles. The normalized spacial score (nSPS) is 19.9. The monoisotopic (exact) mass is 361 g/mol. The van der Waals surface area contributed by atoms with Crippen molar-refractivity contribution in [1.82, 2.24) is 14.9 Å². The highest BCUT2D eigenvalue weighted by Gasteiger charge is 2.23. The quantitative estimate of drug-likeness (QED) is 0.719. The van der Waals surface area contributed by atoms with E-state index in [0.717, 1.165) is 29.0 Å². The Balaban J connectivity index is 1.53. The molecule has 4 rings (SSSR count). The van der Waals surface area contributed by atoms with Gasteiger partial charge in [-0.05, 0) is 43.0 Å². The predicted molar refractivity (Wildman–Crippen MR) is 109 cm³/mol. The van der Waals surface area contributed by atoms with Gasteiger partial charge in [0.2, 0.25) is 5.91 Å². The van der Waals surface area contributed by atoms with Gasteiger partial charge in [0, 0.05) is 24.6 Å². The summed E-state index contributed by atoms with van der Waals surface area (Å²) in [5.74, 6) is 1.66. The molecule has 2 aromatic carbocycles. The van der Waals surface area contributed by atoms with Crippen LogP contribution < -0.4 is 5.32 Å². The van der Waals surface area contributed by atoms with Crippen LogP contribution in [0, 0.1) is 5.92 Å². The number of aromatic nitrogens is 2. The fourth-order valence-electron chi connectivity index (χ4n) is 4.14. The molecule has 1 fully saturated rings. The van der Waals surface area contributed by atoms with E-state index < -0.39 is 0 Å². The molecule has 0 unspecified atom stereocenters. The maximum absolute atomic E-state index is 12.5. The topological polar surface area (TPSA) is 46.9 Å². The molecule has 0 radical (unpaired) electrons. The lowest BCUT2D eigenvalue weighted by molar-refractivity contribution is -0.122. The number of amides is 1. The van der Waals surface area contributed by atoms with Crippen molar-refractivity contribution in [2.24, 2.45) is 5.92 Å². The number of hydrogen-bond donors (Lipinski definition) is 1. The first kappa shape index (κ1) is 17.8. The van der Waals surface area contributed by atoms with Crippen molar-refractivity contribution in [3.8, 4) is 5.69 Å². The third-order valence-electron chi connectivity index (χ3n) is 5.68. The van der Waals surface area contributed by atoms with Gasteiger partial charge < -0.3 is 5.32 Å². The van der Waals surface area contributed by atoms with Crippen LogP contribution in [0.1, 0.15) is 44.9 Å². The molecule has 0 bridgehead atoms. The summed E-state index contributed by atoms with van der Waals surface area (Å²) in [6.07, 6.45) is 5.94. The van der Waals surface area contributed by atoms with E-state index in [0.29, 0.717) is 24.8 Å². The van der Waals surface area contributed by atoms with E-state index in [1.54, 1.807) is 0 Å². The first-order valence-electron chi connectivity index (χ1n) is 10.0. The van der Waals surface area contributed by atoms with Gasteiger partial charge in [0.15, 0.2) is 0 Å². The van der Waals surface area contributed by atoms with Gasteiger partial charge in [0.25, 0.3) is 0 Å². The van der Waals surface area contributed by atoms with Crippen molar-refractivity contribution < 1.29 is 4.79 Å². The number of fused-ring (bicyclic) bond motifs is 1. The molecular weight excluding hydrogens is 334 g/mol. The number of nitrogens with one attached hydrogen (secondary N) is 1. The average molecular weight is 361 g/mol. The van der Waals surface area contributed by atoms with E-state index >= 15 is 0 Å². The third-order valence-corrected chi connectivity index (χ3v) is 5.68. The van der Waals surface area contributed by atoms with Crippen LogP contribution in [-0.2, 0) is 11.2 Å². The van der Waals surface area contributed by atoms with E-state index in [1.807, 2.05) is 36.4 Å². The Hall–Kier alpha value is -2.62. The van der Waals surface area contributed by atoms with Crippen molar-refractivity contribution >= 4 is 16.9 Å². The number of imidazole rings is 1. The number of benzene rings is 2. The van der Waals surface area contributed by atoms with Crippen molar-refractivity contribution in [2.45, 2.75) is 51.5 Å². The highest BCUT2D eigenvalue weighted by Crippen LogP contribution is 2.24. The summed E-state index contributed by atoms with van der Waals surface area (Å²) in [5, 5.41) is 3.26. The van der Waals surface area contributed by atoms with E-state index in [4.69, 9.17) is 4.98 Å². The second-order valence-corrected chi connectivity index (χ2v) is 7.62. The lowest BCUT2D eigenvalue weighted by atomic mass is 9.86. The van der Waals surface area contributed by atoms with Crippen molar-refractivity contribution in [3.63, 3.8) is 0 Å². The first-order chi connectivity index (χ1) is 13.2. The van der Waals surface area contributed by atoms with E-state index in [-0.39, 0.29) is 5.91 Å². The molecule has 1 amide bonds. The molecule has 4 nitrogen and oxygen atoms in total. The second-order valence-electron chi connectivity index (χ2n) is 7.62. The molecule has 140 valence electrons. The fourth-order valence-corrected chi connectivity index (χ4v) is 4.14. The van der Waals surface area contributed by atoms with E-state index in [2.05, 4.69) is 35.0 Å². The molecule has 0 saturated heterocycles. The first-order valence-corrected chi connectivity index (χ1v) is 10.0. The smallest absolute Gasteiger partial charge is 0.220 e. The van der Waals surface area contributed by atoms with Crippen LogP contribution in [0.3, 0.4) is 0 Å². The van der Waals surface area contributed by atoms with Crippen LogP contribution in [0.2, 0.25) is 0 Å². The molecule has 27 heavy (non-hydrogen) atoms. The largest absolute Gasteiger partial charge is 0.353 e. The van der Waals surface area contributed by atoms with Crippen LogP contribution in [0.4, 0.5) is 0 Å². The Morgan fingerprint density at radius 1 is 1.07 bits per heavy atom. The number of para-hydroxylation sites is 3. The molecule has 1 aliphatic carbocycles. The summed E-state index contributed by atoms with van der Waals surface area (Å²) in [7, 11) is 0. The Morgan fingerprint density at radius 3 is 2.63 bits per heavy atom. The van der Waals surface area contributed by atoms with Gasteiger partial charge in [-0.25, -0.2) is 4.98 Å². The van der Waals surface area contributed by atoms with Crippen molar-refractivity contribution in [1.29, 1.82) is 0 Å². The summed E-state index contributed by atoms with van der Waals surface area (Å²) in [6.45, 7) is 2.25. The standard InChI is InChI=1S/C23H27N3O/c1-17-9-5-6-12-19(17)25-23(27)16-15-22-24-20-13-7-8-14-21(20)26(22)18-10-3-2-4-11-18/h2-4,7-8,10-11,13-14,17,19H,5-6,9,12,15-16H2,1H3,(H,25,27)/t17-,19-/m1/s1. The number of carbonyl (C=O) groups excluding carboxylic acids is 1. The van der Waals surface area contributed by atoms with Crippen LogP contribution in [0.5, 0.6) is 0 Å². The summed E-state index contributed by atoms with van der Waals surface area (Å²) in [5.41, 5.74) is 3.14. The van der Waals surface area contributed by atoms with Crippen molar-refractivity contribution in [2.75, 3.05) is 0 Å². The zero-order valence-corrected chi connectivity index (χ0v) is 15.9. The van der Waals surface area contributed by atoms with Gasteiger partial charge in [-0.1, -0.05) is 50.1 Å². The molecule has 1 aliphatic rings. The van der Waals surface area contributed by atoms with Gasteiger partial charge in [-0.2, -0.15) is 0 Å². The third kappa shape index (κ3) is 3.90. The lowest BCUT2D eigenvalue weighted by Gasteiger charge is -2.29. The van der Waals surface area contributed by atoms with E-state index in [9.17, 15) is 4.79 Å². The molecule has 1 N–H and O–H groups in total. The summed E-state index contributed by atoms with van der Waals surface area (Å²) in [4.78, 5) is 17.4. The number of carbonyl (C=O) groups is 1. The second kappa shape index (κ2) is 7.95. The summed E-state index contributed by atoms with van der Waals surface area (Å²) in [6, 6.07) is 18.7. The van der Waals surface area contributed by atoms with Gasteiger partial charge in [0.05, 0.1) is 11.0 Å². The molecule has 2 atom stereocenters. The Morgan fingerprint density at radius 2 is 1.81 bits per heavy atom. The minimum atomic E-state index is 0.139. The highest BCUT2D eigenvalue weighted by atomic mass is 16.1. The van der Waals surface area contributed by atoms with Crippen LogP contribution >= 0.6 is 0 Å². The molecule has 4 heteroatoms. The zero-order valence-electron chi connectivity index (χ0n) is 15.9. The Bertz CT molecular complexity index is 916. The van der Waals surface area contributed by atoms with Crippen LogP contribution in [0.15, 0.2) is 54.6 Å². The average Bonchev–Trinajstić information content (AvgIpc) is 3.07. The summed E-state index contributed by atoms with van der Waals surface area (Å²) >= 11 is 0. The lowest BCUT2D eigenvalue weighted by Crippen LogP contribution is -2.41. The molecule has 0 spiro atoms.